The van der Waals surface area contributed by atoms with E-state index in [2.05, 4.69) is 264 Å². The molecule has 0 aliphatic carbocycles. The third kappa shape index (κ3) is 6.52. The summed E-state index contributed by atoms with van der Waals surface area (Å²) in [7, 11) is 0. The second-order valence-electron chi connectivity index (χ2n) is 16.5. The van der Waals surface area contributed by atoms with Crippen molar-refractivity contribution >= 4 is 60.4 Å². The van der Waals surface area contributed by atoms with Crippen LogP contribution >= 0.6 is 0 Å². The number of para-hydroxylation sites is 1. The molecule has 0 amide bonds. The van der Waals surface area contributed by atoms with Gasteiger partial charge in [0.25, 0.3) is 0 Å². The van der Waals surface area contributed by atoms with Gasteiger partial charge in [0, 0.05) is 33.5 Å². The van der Waals surface area contributed by atoms with Crippen LogP contribution in [-0.2, 0) is 0 Å². The molecule has 0 aliphatic rings. The van der Waals surface area contributed by atoms with Gasteiger partial charge in [-0.05, 0) is 127 Å². The Labute approximate surface area is 373 Å². The number of fused-ring (bicyclic) bond motifs is 5. The molecule has 0 fully saturated rings. The number of hydrogen-bond donors (Lipinski definition) is 0. The second-order valence-corrected chi connectivity index (χ2v) is 16.5. The fourth-order valence-corrected chi connectivity index (χ4v) is 9.77. The van der Waals surface area contributed by atoms with Crippen LogP contribution in [0.4, 0.5) is 17.1 Å². The van der Waals surface area contributed by atoms with E-state index in [1.807, 2.05) is 0 Å². The van der Waals surface area contributed by atoms with Crippen molar-refractivity contribution < 1.29 is 0 Å². The van der Waals surface area contributed by atoms with Gasteiger partial charge in [0.2, 0.25) is 0 Å². The van der Waals surface area contributed by atoms with Crippen molar-refractivity contribution in [2.45, 2.75) is 0 Å². The van der Waals surface area contributed by atoms with Gasteiger partial charge in [-0.15, -0.1) is 0 Å². The number of hydrogen-bond acceptors (Lipinski definition) is 1. The molecular weight excluding hydrogens is 773 g/mol. The summed E-state index contributed by atoms with van der Waals surface area (Å²) < 4.78 is 2.42. The van der Waals surface area contributed by atoms with Crippen molar-refractivity contribution in [2.75, 3.05) is 4.90 Å². The number of nitrogens with zero attached hydrogens (tertiary/aromatic N) is 2. The van der Waals surface area contributed by atoms with Crippen molar-refractivity contribution in [3.63, 3.8) is 0 Å². The fourth-order valence-electron chi connectivity index (χ4n) is 9.77. The van der Waals surface area contributed by atoms with Crippen LogP contribution in [0, 0.1) is 0 Å². The highest BCUT2D eigenvalue weighted by Gasteiger charge is 2.20. The maximum atomic E-state index is 2.42. The Kier molecular flexibility index (Phi) is 9.20. The van der Waals surface area contributed by atoms with Gasteiger partial charge in [-0.2, -0.15) is 0 Å². The molecular formula is C62H42N2. The molecule has 0 saturated carbocycles. The van der Waals surface area contributed by atoms with Crippen molar-refractivity contribution in [1.82, 2.24) is 4.57 Å². The molecule has 0 radical (unpaired) electrons. The molecule has 0 spiro atoms. The monoisotopic (exact) mass is 814 g/mol. The lowest BCUT2D eigenvalue weighted by Gasteiger charge is -2.26. The fraction of sp³-hybridized carbons (Fsp3) is 0. The molecule has 300 valence electrons. The Morgan fingerprint density at radius 1 is 0.266 bits per heavy atom. The van der Waals surface area contributed by atoms with Crippen molar-refractivity contribution in [3.05, 3.63) is 255 Å². The molecule has 0 aliphatic heterocycles. The SMILES string of the molecule is c1ccc(-c2ccc3c4c(-c5cccc(N(c6ccc(-c7cccc8ccccc78)cc6)c6ccc(-c7cccc8ccccc78)cc6)c5)cccc4n(-c4ccccc4)c3c2)cc1. The summed E-state index contributed by atoms with van der Waals surface area (Å²) in [6.45, 7) is 0. The molecule has 1 aromatic heterocycles. The van der Waals surface area contributed by atoms with Gasteiger partial charge in [0.05, 0.1) is 11.0 Å². The average molecular weight is 815 g/mol. The standard InChI is InChI=1S/C62H42N2/c1-3-15-43(16-4-1)48-35-40-59-61(42-48)64(50-22-5-2-6-23-50)60-30-14-29-58(62(59)60)49-21-11-24-53(41-49)63(51-36-31-46(32-37-51)56-27-12-19-44-17-7-9-25-54(44)56)52-38-33-47(34-39-52)57-28-13-20-45-18-8-10-26-55(45)57/h1-42H. The number of anilines is 3. The molecule has 12 rings (SSSR count). The average Bonchev–Trinajstić information content (AvgIpc) is 3.71. The molecule has 2 nitrogen and oxygen atoms in total. The van der Waals surface area contributed by atoms with Crippen LogP contribution in [0.25, 0.3) is 93.5 Å². The normalized spacial score (nSPS) is 11.4. The van der Waals surface area contributed by atoms with Crippen LogP contribution in [0.5, 0.6) is 0 Å². The van der Waals surface area contributed by atoms with Crippen LogP contribution in [0.1, 0.15) is 0 Å². The maximum Gasteiger partial charge on any atom is 0.0547 e. The Balaban J connectivity index is 1.01. The maximum absolute atomic E-state index is 2.42. The highest BCUT2D eigenvalue weighted by Crippen LogP contribution is 2.43. The molecule has 0 atom stereocenters. The predicted molar refractivity (Wildman–Crippen MR) is 272 cm³/mol. The third-order valence-electron chi connectivity index (χ3n) is 12.8. The summed E-state index contributed by atoms with van der Waals surface area (Å²) in [4.78, 5) is 2.39. The second kappa shape index (κ2) is 15.8. The van der Waals surface area contributed by atoms with Gasteiger partial charge in [0.15, 0.2) is 0 Å². The largest absolute Gasteiger partial charge is 0.310 e. The summed E-state index contributed by atoms with van der Waals surface area (Å²) in [5.41, 5.74) is 16.4. The predicted octanol–water partition coefficient (Wildman–Crippen LogP) is 17.2. The minimum absolute atomic E-state index is 1.09. The quantitative estimate of drug-likeness (QED) is 0.148. The van der Waals surface area contributed by atoms with Gasteiger partial charge < -0.3 is 9.47 Å². The van der Waals surface area contributed by atoms with Crippen molar-refractivity contribution in [2.24, 2.45) is 0 Å². The number of benzene rings is 11. The molecule has 0 saturated heterocycles. The zero-order valence-corrected chi connectivity index (χ0v) is 35.1. The van der Waals surface area contributed by atoms with Crippen LogP contribution in [0.15, 0.2) is 255 Å². The van der Waals surface area contributed by atoms with Gasteiger partial charge >= 0.3 is 0 Å². The molecule has 12 aromatic rings. The topological polar surface area (TPSA) is 8.17 Å². The molecule has 11 aromatic carbocycles. The Hall–Kier alpha value is -8.46. The molecule has 0 unspecified atom stereocenters. The van der Waals surface area contributed by atoms with E-state index in [1.165, 1.54) is 82.3 Å². The van der Waals surface area contributed by atoms with Gasteiger partial charge in [-0.1, -0.05) is 194 Å². The van der Waals surface area contributed by atoms with E-state index < -0.39 is 0 Å². The molecule has 0 bridgehead atoms. The molecule has 64 heavy (non-hydrogen) atoms. The Morgan fingerprint density at radius 3 is 1.41 bits per heavy atom. The third-order valence-corrected chi connectivity index (χ3v) is 12.8. The first-order chi connectivity index (χ1) is 31.7. The van der Waals surface area contributed by atoms with Gasteiger partial charge in [0.1, 0.15) is 0 Å². The molecule has 1 heterocycles. The minimum atomic E-state index is 1.09. The summed E-state index contributed by atoms with van der Waals surface area (Å²) in [5.74, 6) is 0. The zero-order valence-electron chi connectivity index (χ0n) is 35.1. The lowest BCUT2D eigenvalue weighted by molar-refractivity contribution is 1.18. The Morgan fingerprint density at radius 2 is 0.766 bits per heavy atom. The first-order valence-electron chi connectivity index (χ1n) is 22.0. The van der Waals surface area contributed by atoms with Gasteiger partial charge in [-0.25, -0.2) is 0 Å². The summed E-state index contributed by atoms with van der Waals surface area (Å²) in [6.07, 6.45) is 0. The first-order valence-corrected chi connectivity index (χ1v) is 22.0. The minimum Gasteiger partial charge on any atom is -0.310 e. The number of aromatic nitrogens is 1. The summed E-state index contributed by atoms with van der Waals surface area (Å²) >= 11 is 0. The summed E-state index contributed by atoms with van der Waals surface area (Å²) in [6, 6.07) is 92.7. The molecule has 2 heteroatoms. The highest BCUT2D eigenvalue weighted by molar-refractivity contribution is 6.16. The van der Waals surface area contributed by atoms with Gasteiger partial charge in [-0.3, -0.25) is 0 Å². The van der Waals surface area contributed by atoms with E-state index in [4.69, 9.17) is 0 Å². The van der Waals surface area contributed by atoms with Crippen LogP contribution in [-0.4, -0.2) is 4.57 Å². The highest BCUT2D eigenvalue weighted by atomic mass is 15.1. The first kappa shape index (κ1) is 37.3. The number of rotatable bonds is 8. The van der Waals surface area contributed by atoms with Crippen LogP contribution < -0.4 is 4.90 Å². The van der Waals surface area contributed by atoms with Crippen LogP contribution in [0.3, 0.4) is 0 Å². The zero-order chi connectivity index (χ0) is 42.4. The molecule has 0 N–H and O–H groups in total. The van der Waals surface area contributed by atoms with E-state index in [0.29, 0.717) is 0 Å². The summed E-state index contributed by atoms with van der Waals surface area (Å²) in [5, 5.41) is 7.46. The van der Waals surface area contributed by atoms with Crippen molar-refractivity contribution in [3.8, 4) is 50.2 Å². The van der Waals surface area contributed by atoms with E-state index in [1.54, 1.807) is 0 Å². The van der Waals surface area contributed by atoms with Crippen molar-refractivity contribution in [1.29, 1.82) is 0 Å². The Bertz CT molecular complexity index is 3510. The van der Waals surface area contributed by atoms with E-state index in [9.17, 15) is 0 Å². The van der Waals surface area contributed by atoms with E-state index in [0.717, 1.165) is 28.3 Å². The lowest BCUT2D eigenvalue weighted by atomic mass is 9.96. The lowest BCUT2D eigenvalue weighted by Crippen LogP contribution is -2.10. The van der Waals surface area contributed by atoms with Crippen LogP contribution in [0.2, 0.25) is 0 Å². The van der Waals surface area contributed by atoms with E-state index in [-0.39, 0.29) is 0 Å². The van der Waals surface area contributed by atoms with E-state index >= 15 is 0 Å². The smallest absolute Gasteiger partial charge is 0.0547 e.